The van der Waals surface area contributed by atoms with E-state index < -0.39 is 0 Å². The monoisotopic (exact) mass is 341 g/mol. The number of anilines is 1. The average Bonchev–Trinajstić information content (AvgIpc) is 2.84. The molecule has 0 fully saturated rings. The summed E-state index contributed by atoms with van der Waals surface area (Å²) in [5.41, 5.74) is 1.49. The van der Waals surface area contributed by atoms with Crippen LogP contribution < -0.4 is 10.9 Å². The van der Waals surface area contributed by atoms with Gasteiger partial charge in [0.1, 0.15) is 4.47 Å². The van der Waals surface area contributed by atoms with Gasteiger partial charge >= 0.3 is 0 Å². The molecule has 108 valence electrons. The van der Waals surface area contributed by atoms with Crippen LogP contribution in [0.1, 0.15) is 5.69 Å². The van der Waals surface area contributed by atoms with Gasteiger partial charge in [-0.2, -0.15) is 10.2 Å². The van der Waals surface area contributed by atoms with Crippen molar-refractivity contribution in [1.82, 2.24) is 19.6 Å². The van der Waals surface area contributed by atoms with Crippen molar-refractivity contribution in [3.63, 3.8) is 0 Å². The van der Waals surface area contributed by atoms with E-state index in [4.69, 9.17) is 5.11 Å². The zero-order valence-electron chi connectivity index (χ0n) is 11.1. The molecule has 0 radical (unpaired) electrons. The quantitative estimate of drug-likeness (QED) is 0.793. The zero-order valence-corrected chi connectivity index (χ0v) is 12.7. The minimum atomic E-state index is -0.260. The number of hydrogen-bond acceptors (Lipinski definition) is 5. The lowest BCUT2D eigenvalue weighted by Crippen LogP contribution is -2.26. The number of nitrogens with zero attached hydrogens (tertiary/aromatic N) is 4. The Kier molecular flexibility index (Phi) is 4.91. The van der Waals surface area contributed by atoms with Gasteiger partial charge in [0, 0.05) is 31.9 Å². The van der Waals surface area contributed by atoms with E-state index in [0.29, 0.717) is 16.7 Å². The third kappa shape index (κ3) is 3.26. The second-order valence-electron chi connectivity index (χ2n) is 4.25. The second-order valence-corrected chi connectivity index (χ2v) is 5.04. The molecule has 0 aliphatic rings. The summed E-state index contributed by atoms with van der Waals surface area (Å²) in [6, 6.07) is 1.95. The minimum absolute atomic E-state index is 0.118. The first kappa shape index (κ1) is 14.7. The van der Waals surface area contributed by atoms with Gasteiger partial charge in [-0.25, -0.2) is 4.68 Å². The van der Waals surface area contributed by atoms with E-state index in [1.165, 1.54) is 4.68 Å². The topological polar surface area (TPSA) is 85.0 Å². The maximum Gasteiger partial charge on any atom is 0.283 e. The fraction of sp³-hybridized carbons (Fsp3) is 0.417. The van der Waals surface area contributed by atoms with Gasteiger partial charge in [0.05, 0.1) is 25.0 Å². The fourth-order valence-corrected chi connectivity index (χ4v) is 2.26. The summed E-state index contributed by atoms with van der Waals surface area (Å²) in [6.07, 6.45) is 4.12. The molecule has 8 heteroatoms. The maximum atomic E-state index is 11.9. The summed E-state index contributed by atoms with van der Waals surface area (Å²) in [7, 11) is 1.89. The van der Waals surface area contributed by atoms with Crippen molar-refractivity contribution in [2.75, 3.05) is 18.5 Å². The number of rotatable bonds is 6. The Morgan fingerprint density at radius 1 is 1.45 bits per heavy atom. The number of nitrogens with one attached hydrogen (secondary N) is 1. The summed E-state index contributed by atoms with van der Waals surface area (Å²) < 4.78 is 3.45. The number of halogens is 1. The molecule has 0 unspecified atom stereocenters. The summed E-state index contributed by atoms with van der Waals surface area (Å²) >= 11 is 3.26. The highest BCUT2D eigenvalue weighted by Crippen LogP contribution is 2.15. The first-order valence-corrected chi connectivity index (χ1v) is 7.00. The molecule has 0 aliphatic carbocycles. The molecule has 7 nitrogen and oxygen atoms in total. The van der Waals surface area contributed by atoms with Gasteiger partial charge in [0.2, 0.25) is 0 Å². The Morgan fingerprint density at radius 3 is 2.90 bits per heavy atom. The van der Waals surface area contributed by atoms with Crippen molar-refractivity contribution in [1.29, 1.82) is 0 Å². The Balaban J connectivity index is 2.02. The van der Waals surface area contributed by atoms with E-state index in [1.807, 2.05) is 17.8 Å². The number of aliphatic hydroxyl groups is 1. The van der Waals surface area contributed by atoms with Gasteiger partial charge in [0.15, 0.2) is 0 Å². The molecule has 0 saturated carbocycles. The smallest absolute Gasteiger partial charge is 0.283 e. The third-order valence-electron chi connectivity index (χ3n) is 2.92. The Hall–Kier alpha value is -1.67. The van der Waals surface area contributed by atoms with Gasteiger partial charge in [-0.3, -0.25) is 9.48 Å². The molecule has 0 aliphatic heterocycles. The minimum Gasteiger partial charge on any atom is -0.394 e. The van der Waals surface area contributed by atoms with Crippen LogP contribution in [0.3, 0.4) is 0 Å². The van der Waals surface area contributed by atoms with Crippen LogP contribution in [0.25, 0.3) is 0 Å². The van der Waals surface area contributed by atoms with Crippen molar-refractivity contribution in [2.45, 2.75) is 13.0 Å². The van der Waals surface area contributed by atoms with Crippen LogP contribution in [0.2, 0.25) is 0 Å². The molecular formula is C12H16BrN5O2. The Bertz CT molecular complexity index is 637. The lowest BCUT2D eigenvalue weighted by atomic mass is 10.3. The van der Waals surface area contributed by atoms with Gasteiger partial charge in [-0.1, -0.05) is 0 Å². The van der Waals surface area contributed by atoms with Crippen LogP contribution in [-0.2, 0) is 20.0 Å². The van der Waals surface area contributed by atoms with Crippen LogP contribution in [0, 0.1) is 0 Å². The third-order valence-corrected chi connectivity index (χ3v) is 3.68. The Morgan fingerprint density at radius 2 is 2.25 bits per heavy atom. The van der Waals surface area contributed by atoms with Crippen LogP contribution in [-0.4, -0.2) is 37.8 Å². The molecule has 0 atom stereocenters. The zero-order chi connectivity index (χ0) is 14.5. The number of aliphatic hydroxyl groups excluding tert-OH is 1. The van der Waals surface area contributed by atoms with E-state index in [1.54, 1.807) is 12.4 Å². The van der Waals surface area contributed by atoms with Crippen LogP contribution in [0.5, 0.6) is 0 Å². The molecule has 0 bridgehead atoms. The highest BCUT2D eigenvalue weighted by Gasteiger charge is 2.08. The maximum absolute atomic E-state index is 11.9. The van der Waals surface area contributed by atoms with Crippen molar-refractivity contribution in [3.05, 3.63) is 39.0 Å². The van der Waals surface area contributed by atoms with E-state index in [9.17, 15) is 4.79 Å². The van der Waals surface area contributed by atoms with Gasteiger partial charge in [-0.15, -0.1) is 0 Å². The molecule has 0 spiro atoms. The van der Waals surface area contributed by atoms with Gasteiger partial charge < -0.3 is 10.4 Å². The molecule has 20 heavy (non-hydrogen) atoms. The van der Waals surface area contributed by atoms with Crippen LogP contribution >= 0.6 is 15.9 Å². The predicted molar refractivity (Wildman–Crippen MR) is 78.7 cm³/mol. The number of aromatic nitrogens is 4. The molecule has 0 amide bonds. The summed E-state index contributed by atoms with van der Waals surface area (Å²) in [6.45, 7) is 0.739. The van der Waals surface area contributed by atoms with E-state index in [0.717, 1.165) is 12.1 Å². The molecule has 2 heterocycles. The van der Waals surface area contributed by atoms with E-state index in [-0.39, 0.29) is 18.7 Å². The van der Waals surface area contributed by atoms with Gasteiger partial charge in [-0.05, 0) is 22.0 Å². The normalized spacial score (nSPS) is 10.8. The van der Waals surface area contributed by atoms with Crippen molar-refractivity contribution < 1.29 is 5.11 Å². The summed E-state index contributed by atoms with van der Waals surface area (Å²) in [4.78, 5) is 11.9. The molecule has 0 aromatic carbocycles. The SMILES string of the molecule is Cn1nccc1CCNc1cnn(CCO)c(=O)c1Br. The van der Waals surface area contributed by atoms with E-state index >= 15 is 0 Å². The number of hydrogen-bond donors (Lipinski definition) is 2. The molecular weight excluding hydrogens is 326 g/mol. The van der Waals surface area contributed by atoms with Gasteiger partial charge in [0.25, 0.3) is 5.56 Å². The van der Waals surface area contributed by atoms with Crippen molar-refractivity contribution >= 4 is 21.6 Å². The second kappa shape index (κ2) is 6.67. The molecule has 2 rings (SSSR count). The number of aryl methyl sites for hydroxylation is 1. The highest BCUT2D eigenvalue weighted by atomic mass is 79.9. The van der Waals surface area contributed by atoms with E-state index in [2.05, 4.69) is 31.4 Å². The first-order chi connectivity index (χ1) is 9.63. The van der Waals surface area contributed by atoms with Crippen LogP contribution in [0.15, 0.2) is 27.7 Å². The molecule has 0 saturated heterocycles. The van der Waals surface area contributed by atoms with Crippen molar-refractivity contribution in [2.24, 2.45) is 7.05 Å². The Labute approximate surface area is 124 Å². The van der Waals surface area contributed by atoms with Crippen LogP contribution in [0.4, 0.5) is 5.69 Å². The lowest BCUT2D eigenvalue weighted by molar-refractivity contribution is 0.266. The standard InChI is InChI=1S/C12H16BrN5O2/c1-17-9(3-5-15-17)2-4-14-10-8-16-18(6-7-19)12(20)11(10)13/h3,5,8,14,19H,2,4,6-7H2,1H3. The molecule has 2 aromatic rings. The highest BCUT2D eigenvalue weighted by molar-refractivity contribution is 9.10. The van der Waals surface area contributed by atoms with Crippen molar-refractivity contribution in [3.8, 4) is 0 Å². The molecule has 2 aromatic heterocycles. The first-order valence-electron chi connectivity index (χ1n) is 6.20. The lowest BCUT2D eigenvalue weighted by Gasteiger charge is -2.10. The summed E-state index contributed by atoms with van der Waals surface area (Å²) in [5, 5.41) is 20.1. The molecule has 2 N–H and O–H groups in total. The predicted octanol–water partition coefficient (Wildman–Crippen LogP) is 0.386. The summed E-state index contributed by atoms with van der Waals surface area (Å²) in [5.74, 6) is 0. The largest absolute Gasteiger partial charge is 0.394 e. The average molecular weight is 342 g/mol. The fourth-order valence-electron chi connectivity index (χ4n) is 1.81.